The van der Waals surface area contributed by atoms with E-state index in [-0.39, 0.29) is 6.09 Å². The van der Waals surface area contributed by atoms with E-state index in [1.54, 1.807) is 4.90 Å². The molecule has 2 aromatic heterocycles. The standard InChI is InChI=1S/C23H28BrN5O2/c1-5-18-20-21(26-29(18)17-8-6-16(24)7-9-17)19(10-11-25-20)27-12-14-28(15-13-27)22(30)31-23(2,3)4/h6-11H,5,12-15H2,1-4H3. The van der Waals surface area contributed by atoms with Crippen molar-refractivity contribution < 1.29 is 9.53 Å². The highest BCUT2D eigenvalue weighted by atomic mass is 79.9. The van der Waals surface area contributed by atoms with Crippen LogP contribution in [0.1, 0.15) is 33.4 Å². The zero-order valence-electron chi connectivity index (χ0n) is 18.4. The molecule has 3 heterocycles. The van der Waals surface area contributed by atoms with Gasteiger partial charge in [-0.15, -0.1) is 0 Å². The van der Waals surface area contributed by atoms with Gasteiger partial charge in [-0.3, -0.25) is 4.98 Å². The van der Waals surface area contributed by atoms with Crippen LogP contribution in [0.25, 0.3) is 16.7 Å². The predicted octanol–water partition coefficient (Wildman–Crippen LogP) is 4.80. The van der Waals surface area contributed by atoms with E-state index in [1.807, 2.05) is 49.8 Å². The maximum atomic E-state index is 12.4. The van der Waals surface area contributed by atoms with Crippen molar-refractivity contribution in [1.82, 2.24) is 19.7 Å². The minimum absolute atomic E-state index is 0.250. The van der Waals surface area contributed by atoms with Crippen LogP contribution >= 0.6 is 15.9 Å². The lowest BCUT2D eigenvalue weighted by Gasteiger charge is -2.36. The fraction of sp³-hybridized carbons (Fsp3) is 0.435. The Labute approximate surface area is 191 Å². The van der Waals surface area contributed by atoms with Crippen LogP contribution in [0.5, 0.6) is 0 Å². The number of hydrogen-bond donors (Lipinski definition) is 0. The first-order valence-corrected chi connectivity index (χ1v) is 11.4. The van der Waals surface area contributed by atoms with Crippen LogP contribution < -0.4 is 4.90 Å². The van der Waals surface area contributed by atoms with Gasteiger partial charge in [0.15, 0.2) is 0 Å². The number of halogens is 1. The SMILES string of the molecule is CCc1c2nccc(N3CCN(C(=O)OC(C)(C)C)CC3)c2nn1-c1ccc(Br)cc1. The third-order valence-corrected chi connectivity index (χ3v) is 5.84. The number of amides is 1. The van der Waals surface area contributed by atoms with Crippen LogP contribution in [0.4, 0.5) is 10.5 Å². The number of rotatable bonds is 3. The summed E-state index contributed by atoms with van der Waals surface area (Å²) in [5.41, 5.74) is 4.50. The van der Waals surface area contributed by atoms with Gasteiger partial charge in [-0.25, -0.2) is 9.48 Å². The molecule has 1 fully saturated rings. The van der Waals surface area contributed by atoms with E-state index in [1.165, 1.54) is 0 Å². The lowest BCUT2D eigenvalue weighted by molar-refractivity contribution is 0.0240. The normalized spacial score (nSPS) is 14.9. The second-order valence-electron chi connectivity index (χ2n) is 8.67. The Bertz CT molecular complexity index is 1080. The lowest BCUT2D eigenvalue weighted by atomic mass is 10.2. The zero-order chi connectivity index (χ0) is 22.2. The molecule has 1 aliphatic heterocycles. The molecule has 0 unspecified atom stereocenters. The molecule has 0 N–H and O–H groups in total. The van der Waals surface area contributed by atoms with Gasteiger partial charge in [0.1, 0.15) is 16.6 Å². The Hall–Kier alpha value is -2.61. The number of hydrogen-bond acceptors (Lipinski definition) is 5. The number of anilines is 1. The van der Waals surface area contributed by atoms with E-state index in [0.717, 1.165) is 52.1 Å². The first-order valence-electron chi connectivity index (χ1n) is 10.6. The van der Waals surface area contributed by atoms with Gasteiger partial charge in [0.25, 0.3) is 0 Å². The highest BCUT2D eigenvalue weighted by Crippen LogP contribution is 2.30. The summed E-state index contributed by atoms with van der Waals surface area (Å²) in [4.78, 5) is 21.1. The van der Waals surface area contributed by atoms with E-state index in [4.69, 9.17) is 9.84 Å². The number of ether oxygens (including phenoxy) is 1. The van der Waals surface area contributed by atoms with Crippen LogP contribution in [-0.4, -0.2) is 57.5 Å². The number of aryl methyl sites for hydroxylation is 1. The van der Waals surface area contributed by atoms with Gasteiger partial charge < -0.3 is 14.5 Å². The monoisotopic (exact) mass is 485 g/mol. The summed E-state index contributed by atoms with van der Waals surface area (Å²) >= 11 is 3.50. The van der Waals surface area contributed by atoms with Gasteiger partial charge in [0.05, 0.1) is 17.1 Å². The summed E-state index contributed by atoms with van der Waals surface area (Å²) in [6.07, 6.45) is 2.43. The van der Waals surface area contributed by atoms with E-state index in [0.29, 0.717) is 13.1 Å². The van der Waals surface area contributed by atoms with E-state index in [9.17, 15) is 4.79 Å². The number of fused-ring (bicyclic) bond motifs is 1. The molecule has 1 amide bonds. The summed E-state index contributed by atoms with van der Waals surface area (Å²) < 4.78 is 8.54. The van der Waals surface area contributed by atoms with Gasteiger partial charge >= 0.3 is 6.09 Å². The van der Waals surface area contributed by atoms with Crippen molar-refractivity contribution in [1.29, 1.82) is 0 Å². The molecule has 0 aliphatic carbocycles. The van der Waals surface area contributed by atoms with Crippen LogP contribution in [0.3, 0.4) is 0 Å². The zero-order valence-corrected chi connectivity index (χ0v) is 20.0. The summed E-state index contributed by atoms with van der Waals surface area (Å²) in [6, 6.07) is 10.2. The summed E-state index contributed by atoms with van der Waals surface area (Å²) in [7, 11) is 0. The predicted molar refractivity (Wildman–Crippen MR) is 126 cm³/mol. The first-order chi connectivity index (χ1) is 14.8. The Kier molecular flexibility index (Phi) is 5.92. The molecule has 1 aromatic carbocycles. The molecule has 0 atom stereocenters. The second kappa shape index (κ2) is 8.49. The molecule has 0 bridgehead atoms. The molecule has 4 rings (SSSR count). The number of nitrogens with zero attached hydrogens (tertiary/aromatic N) is 5. The quantitative estimate of drug-likeness (QED) is 0.532. The Balaban J connectivity index is 1.61. The summed E-state index contributed by atoms with van der Waals surface area (Å²) in [5.74, 6) is 0. The highest BCUT2D eigenvalue weighted by Gasteiger charge is 2.27. The lowest BCUT2D eigenvalue weighted by Crippen LogP contribution is -2.50. The average Bonchev–Trinajstić information content (AvgIpc) is 3.12. The number of piperazine rings is 1. The van der Waals surface area contributed by atoms with Gasteiger partial charge in [-0.1, -0.05) is 22.9 Å². The topological polar surface area (TPSA) is 63.5 Å². The van der Waals surface area contributed by atoms with Crippen molar-refractivity contribution in [3.8, 4) is 5.69 Å². The molecule has 8 heteroatoms. The first kappa shape index (κ1) is 21.6. The van der Waals surface area contributed by atoms with Crippen molar-refractivity contribution >= 4 is 38.7 Å². The van der Waals surface area contributed by atoms with Gasteiger partial charge in [0.2, 0.25) is 0 Å². The fourth-order valence-corrected chi connectivity index (χ4v) is 4.10. The average molecular weight is 486 g/mol. The number of carbonyl (C=O) groups excluding carboxylic acids is 1. The Morgan fingerprint density at radius 2 is 1.74 bits per heavy atom. The minimum atomic E-state index is -0.484. The minimum Gasteiger partial charge on any atom is -0.444 e. The largest absolute Gasteiger partial charge is 0.444 e. The Morgan fingerprint density at radius 3 is 2.35 bits per heavy atom. The van der Waals surface area contributed by atoms with E-state index >= 15 is 0 Å². The van der Waals surface area contributed by atoms with Crippen LogP contribution in [0.2, 0.25) is 0 Å². The molecular weight excluding hydrogens is 458 g/mol. The van der Waals surface area contributed by atoms with Crippen molar-refractivity contribution in [2.45, 2.75) is 39.7 Å². The van der Waals surface area contributed by atoms with E-state index < -0.39 is 5.60 Å². The molecule has 164 valence electrons. The molecule has 31 heavy (non-hydrogen) atoms. The molecule has 7 nitrogen and oxygen atoms in total. The highest BCUT2D eigenvalue weighted by molar-refractivity contribution is 9.10. The number of pyridine rings is 1. The summed E-state index contributed by atoms with van der Waals surface area (Å²) in [6.45, 7) is 10.5. The maximum Gasteiger partial charge on any atom is 0.410 e. The third kappa shape index (κ3) is 4.54. The molecule has 1 saturated heterocycles. The molecule has 0 radical (unpaired) electrons. The van der Waals surface area contributed by atoms with Crippen molar-refractivity contribution in [3.05, 3.63) is 46.7 Å². The summed E-state index contributed by atoms with van der Waals surface area (Å²) in [5, 5.41) is 4.95. The van der Waals surface area contributed by atoms with Gasteiger partial charge in [0, 0.05) is 36.8 Å². The van der Waals surface area contributed by atoms with Gasteiger partial charge in [-0.2, -0.15) is 5.10 Å². The van der Waals surface area contributed by atoms with Crippen molar-refractivity contribution in [3.63, 3.8) is 0 Å². The number of benzene rings is 1. The van der Waals surface area contributed by atoms with Crippen LogP contribution in [0.15, 0.2) is 41.0 Å². The molecule has 3 aromatic rings. The third-order valence-electron chi connectivity index (χ3n) is 5.31. The van der Waals surface area contributed by atoms with Crippen molar-refractivity contribution in [2.75, 3.05) is 31.1 Å². The molecule has 1 aliphatic rings. The Morgan fingerprint density at radius 1 is 1.06 bits per heavy atom. The van der Waals surface area contributed by atoms with E-state index in [2.05, 4.69) is 44.9 Å². The number of carbonyl (C=O) groups is 1. The van der Waals surface area contributed by atoms with Crippen LogP contribution in [0, 0.1) is 0 Å². The number of aromatic nitrogens is 3. The second-order valence-corrected chi connectivity index (χ2v) is 9.59. The molecular formula is C23H28BrN5O2. The van der Waals surface area contributed by atoms with Crippen LogP contribution in [-0.2, 0) is 11.2 Å². The van der Waals surface area contributed by atoms with Crippen molar-refractivity contribution in [2.24, 2.45) is 0 Å². The smallest absolute Gasteiger partial charge is 0.410 e. The fourth-order valence-electron chi connectivity index (χ4n) is 3.84. The van der Waals surface area contributed by atoms with Gasteiger partial charge in [-0.05, 0) is 57.5 Å². The molecule has 0 spiro atoms. The maximum absolute atomic E-state index is 12.4. The molecule has 0 saturated carbocycles.